The van der Waals surface area contributed by atoms with Crippen molar-refractivity contribution in [2.24, 2.45) is 0 Å². The molecular formula is C26H36O5. The summed E-state index contributed by atoms with van der Waals surface area (Å²) in [5, 5.41) is 18.7. The van der Waals surface area contributed by atoms with Crippen LogP contribution in [-0.2, 0) is 11.2 Å². The molecule has 0 saturated heterocycles. The van der Waals surface area contributed by atoms with Crippen LogP contribution in [0.4, 0.5) is 0 Å². The van der Waals surface area contributed by atoms with Crippen molar-refractivity contribution in [2.45, 2.75) is 89.9 Å². The zero-order chi connectivity index (χ0) is 22.3. The fourth-order valence-corrected chi connectivity index (χ4v) is 3.72. The molecule has 0 spiro atoms. The van der Waals surface area contributed by atoms with E-state index in [1.807, 2.05) is 24.3 Å². The van der Waals surface area contributed by atoms with Gasteiger partial charge in [0.25, 0.3) is 0 Å². The number of ketones is 1. The smallest absolute Gasteiger partial charge is 0.303 e. The molecule has 5 heteroatoms. The lowest BCUT2D eigenvalue weighted by Crippen LogP contribution is -1.98. The van der Waals surface area contributed by atoms with Gasteiger partial charge < -0.3 is 14.6 Å². The Morgan fingerprint density at radius 1 is 0.710 bits per heavy atom. The van der Waals surface area contributed by atoms with E-state index in [1.165, 1.54) is 32.1 Å². The van der Waals surface area contributed by atoms with Crippen LogP contribution in [0.25, 0.3) is 0 Å². The Labute approximate surface area is 185 Å². The highest BCUT2D eigenvalue weighted by Gasteiger charge is 2.11. The molecule has 1 heterocycles. The van der Waals surface area contributed by atoms with Crippen molar-refractivity contribution < 1.29 is 24.2 Å². The molecule has 0 bridgehead atoms. The summed E-state index contributed by atoms with van der Waals surface area (Å²) in [5.74, 6) is 0.550. The monoisotopic (exact) mass is 428 g/mol. The number of carboxylic acid groups (broad SMARTS) is 1. The minimum absolute atomic E-state index is 0.00299. The van der Waals surface area contributed by atoms with Crippen molar-refractivity contribution in [3.05, 3.63) is 59.3 Å². The van der Waals surface area contributed by atoms with E-state index in [4.69, 9.17) is 9.52 Å². The lowest BCUT2D eigenvalue weighted by Gasteiger charge is -2.04. The van der Waals surface area contributed by atoms with Gasteiger partial charge in [-0.3, -0.25) is 9.59 Å². The molecule has 1 aromatic rings. The van der Waals surface area contributed by atoms with Crippen LogP contribution in [0.1, 0.15) is 99.8 Å². The molecule has 1 aromatic heterocycles. The molecule has 5 nitrogen and oxygen atoms in total. The average molecular weight is 429 g/mol. The minimum atomic E-state index is -0.868. The molecule has 0 aromatic carbocycles. The number of aliphatic hydroxyl groups is 1. The lowest BCUT2D eigenvalue weighted by molar-refractivity contribution is -0.137. The maximum Gasteiger partial charge on any atom is 0.303 e. The number of hydrogen-bond donors (Lipinski definition) is 2. The highest BCUT2D eigenvalue weighted by Crippen LogP contribution is 2.18. The Hall–Kier alpha value is -2.56. The van der Waals surface area contributed by atoms with Gasteiger partial charge in [0.1, 0.15) is 5.76 Å². The topological polar surface area (TPSA) is 87.7 Å². The fraction of sp³-hybridized carbons (Fsp3) is 0.538. The molecular weight excluding hydrogens is 392 g/mol. The van der Waals surface area contributed by atoms with Crippen molar-refractivity contribution in [3.8, 4) is 0 Å². The summed E-state index contributed by atoms with van der Waals surface area (Å²) in [6.07, 6.45) is 20.8. The van der Waals surface area contributed by atoms with Gasteiger partial charge in [-0.15, -0.1) is 0 Å². The van der Waals surface area contributed by atoms with Crippen LogP contribution in [0.2, 0.25) is 0 Å². The minimum Gasteiger partial charge on any atom is -0.512 e. The number of rotatable bonds is 17. The van der Waals surface area contributed by atoms with E-state index in [-0.39, 0.29) is 12.2 Å². The number of carbonyl (C=O) groups is 2. The van der Waals surface area contributed by atoms with Crippen LogP contribution in [0, 0.1) is 0 Å². The van der Waals surface area contributed by atoms with Crippen molar-refractivity contribution in [1.29, 1.82) is 0 Å². The summed E-state index contributed by atoms with van der Waals surface area (Å²) >= 11 is 0. The van der Waals surface area contributed by atoms with Crippen LogP contribution in [0.15, 0.2) is 52.2 Å². The molecule has 170 valence electrons. The highest BCUT2D eigenvalue weighted by atomic mass is 16.4. The van der Waals surface area contributed by atoms with E-state index >= 15 is 0 Å². The summed E-state index contributed by atoms with van der Waals surface area (Å²) in [6, 6.07) is 3.35. The van der Waals surface area contributed by atoms with Crippen molar-refractivity contribution in [2.75, 3.05) is 0 Å². The highest BCUT2D eigenvalue weighted by molar-refractivity contribution is 5.93. The number of furan rings is 1. The number of unbranched alkanes of at least 4 members (excludes halogenated alkanes) is 9. The van der Waals surface area contributed by atoms with Crippen LogP contribution in [-0.4, -0.2) is 22.0 Å². The third-order valence-electron chi connectivity index (χ3n) is 5.59. The first kappa shape index (κ1) is 24.7. The molecule has 0 fully saturated rings. The third-order valence-corrected chi connectivity index (χ3v) is 5.59. The first-order valence-electron chi connectivity index (χ1n) is 11.7. The quantitative estimate of drug-likeness (QED) is 0.157. The van der Waals surface area contributed by atoms with Crippen LogP contribution in [0.3, 0.4) is 0 Å². The van der Waals surface area contributed by atoms with Gasteiger partial charge in [0, 0.05) is 24.8 Å². The molecule has 0 aliphatic heterocycles. The summed E-state index contributed by atoms with van der Waals surface area (Å²) in [6.45, 7) is 0. The fourth-order valence-electron chi connectivity index (χ4n) is 3.72. The molecule has 0 amide bonds. The van der Waals surface area contributed by atoms with Gasteiger partial charge in [-0.25, -0.2) is 0 Å². The first-order chi connectivity index (χ1) is 15.1. The number of aryl methyl sites for hydroxylation is 1. The van der Waals surface area contributed by atoms with Crippen molar-refractivity contribution in [1.82, 2.24) is 0 Å². The molecule has 0 unspecified atom stereocenters. The molecule has 0 saturated carbocycles. The number of carboxylic acids is 1. The van der Waals surface area contributed by atoms with Gasteiger partial charge in [-0.2, -0.15) is 0 Å². The maximum atomic E-state index is 12.1. The average Bonchev–Trinajstić information content (AvgIpc) is 3.45. The second-order valence-corrected chi connectivity index (χ2v) is 8.24. The van der Waals surface area contributed by atoms with Gasteiger partial charge >= 0.3 is 5.97 Å². The molecule has 2 rings (SSSR count). The number of Topliss-reactive ketones (excluding diaryl/α,β-unsaturated/α-hetero) is 1. The summed E-state index contributed by atoms with van der Waals surface area (Å²) in [5.41, 5.74) is 0.950. The van der Waals surface area contributed by atoms with Gasteiger partial charge in [-0.1, -0.05) is 75.7 Å². The van der Waals surface area contributed by atoms with E-state index in [0.717, 1.165) is 44.1 Å². The Morgan fingerprint density at radius 2 is 1.26 bits per heavy atom. The standard InChI is InChI=1S/C26H36O5/c27-23(21-13-11-12-14-21)15-9-7-5-3-1-2-4-6-8-10-16-24(28)25-19-17-22(31-25)18-20-26(29)30/h11-14,17,19,27H,1-10,15-16,18,20H2,(H,29,30). The predicted molar refractivity (Wildman–Crippen MR) is 122 cm³/mol. The van der Waals surface area contributed by atoms with Crippen molar-refractivity contribution >= 4 is 11.8 Å². The van der Waals surface area contributed by atoms with E-state index in [9.17, 15) is 14.7 Å². The van der Waals surface area contributed by atoms with E-state index in [1.54, 1.807) is 12.1 Å². The van der Waals surface area contributed by atoms with Crippen LogP contribution in [0.5, 0.6) is 0 Å². The number of aliphatic hydroxyl groups excluding tert-OH is 1. The largest absolute Gasteiger partial charge is 0.512 e. The summed E-state index contributed by atoms with van der Waals surface area (Å²) in [7, 11) is 0. The van der Waals surface area contributed by atoms with Gasteiger partial charge in [-0.05, 0) is 25.0 Å². The van der Waals surface area contributed by atoms with E-state index in [2.05, 4.69) is 0 Å². The molecule has 0 atom stereocenters. The molecule has 1 aliphatic carbocycles. The molecule has 1 aliphatic rings. The van der Waals surface area contributed by atoms with Gasteiger partial charge in [0.15, 0.2) is 11.5 Å². The molecule has 31 heavy (non-hydrogen) atoms. The van der Waals surface area contributed by atoms with Crippen LogP contribution < -0.4 is 0 Å². The predicted octanol–water partition coefficient (Wildman–Crippen LogP) is 7.10. The lowest BCUT2D eigenvalue weighted by atomic mass is 10.0. The Kier molecular flexibility index (Phi) is 11.5. The SMILES string of the molecule is O=C(O)CCc1ccc(C(=O)CCCCCCCCCCCCC(O)=C2C=CC=C2)o1. The number of allylic oxidation sites excluding steroid dienone is 6. The normalized spacial score (nSPS) is 12.6. The zero-order valence-corrected chi connectivity index (χ0v) is 18.5. The Balaban J connectivity index is 1.40. The Bertz CT molecular complexity index is 767. The van der Waals surface area contributed by atoms with Gasteiger partial charge in [0.05, 0.1) is 12.2 Å². The summed E-state index contributed by atoms with van der Waals surface area (Å²) in [4.78, 5) is 22.7. The first-order valence-corrected chi connectivity index (χ1v) is 11.7. The van der Waals surface area contributed by atoms with E-state index < -0.39 is 5.97 Å². The number of aliphatic carboxylic acids is 1. The maximum absolute atomic E-state index is 12.1. The number of carbonyl (C=O) groups excluding carboxylic acids is 1. The second-order valence-electron chi connectivity index (χ2n) is 8.24. The van der Waals surface area contributed by atoms with Crippen molar-refractivity contribution in [3.63, 3.8) is 0 Å². The second kappa shape index (κ2) is 14.4. The summed E-state index contributed by atoms with van der Waals surface area (Å²) < 4.78 is 5.45. The molecule has 0 radical (unpaired) electrons. The third kappa shape index (κ3) is 10.3. The van der Waals surface area contributed by atoms with Crippen LogP contribution >= 0.6 is 0 Å². The van der Waals surface area contributed by atoms with E-state index in [0.29, 0.717) is 30.1 Å². The Morgan fingerprint density at radius 3 is 1.84 bits per heavy atom. The number of hydrogen-bond acceptors (Lipinski definition) is 4. The zero-order valence-electron chi connectivity index (χ0n) is 18.5. The van der Waals surface area contributed by atoms with Gasteiger partial charge in [0.2, 0.25) is 0 Å². The molecule has 2 N–H and O–H groups in total.